The van der Waals surface area contributed by atoms with E-state index in [9.17, 15) is 9.59 Å². The Morgan fingerprint density at radius 3 is 2.84 bits per heavy atom. The highest BCUT2D eigenvalue weighted by Gasteiger charge is 2.23. The van der Waals surface area contributed by atoms with Crippen LogP contribution in [0.15, 0.2) is 29.9 Å². The van der Waals surface area contributed by atoms with Crippen molar-refractivity contribution in [2.24, 2.45) is 7.05 Å². The standard InChI is InChI=1S/C11H12N4O3S/c1-15-6-7(5-12-15)13-11(18)14-9(10(16)17)8-3-2-4-19-8/h2-6,9H,1H3,(H,16,17)(H2,13,14,18). The lowest BCUT2D eigenvalue weighted by atomic mass is 10.2. The summed E-state index contributed by atoms with van der Waals surface area (Å²) in [6.07, 6.45) is 3.08. The van der Waals surface area contributed by atoms with Gasteiger partial charge in [0, 0.05) is 18.1 Å². The monoisotopic (exact) mass is 280 g/mol. The third-order valence-corrected chi connectivity index (χ3v) is 3.25. The van der Waals surface area contributed by atoms with E-state index in [2.05, 4.69) is 15.7 Å². The molecule has 0 saturated heterocycles. The van der Waals surface area contributed by atoms with E-state index in [0.29, 0.717) is 10.6 Å². The molecule has 0 aliphatic carbocycles. The number of hydrogen-bond acceptors (Lipinski definition) is 4. The van der Waals surface area contributed by atoms with E-state index in [1.165, 1.54) is 22.2 Å². The van der Waals surface area contributed by atoms with Crippen LogP contribution >= 0.6 is 11.3 Å². The minimum atomic E-state index is -1.11. The van der Waals surface area contributed by atoms with Crippen LogP contribution in [0.1, 0.15) is 10.9 Å². The van der Waals surface area contributed by atoms with Gasteiger partial charge in [0.15, 0.2) is 6.04 Å². The maximum absolute atomic E-state index is 11.7. The number of thiophene rings is 1. The summed E-state index contributed by atoms with van der Waals surface area (Å²) >= 11 is 1.27. The first-order valence-electron chi connectivity index (χ1n) is 5.38. The highest BCUT2D eigenvalue weighted by molar-refractivity contribution is 7.10. The first kappa shape index (κ1) is 13.1. The third-order valence-electron chi connectivity index (χ3n) is 2.31. The molecule has 0 aliphatic rings. The summed E-state index contributed by atoms with van der Waals surface area (Å²) in [6.45, 7) is 0. The summed E-state index contributed by atoms with van der Waals surface area (Å²) in [7, 11) is 1.72. The van der Waals surface area contributed by atoms with Crippen molar-refractivity contribution in [3.8, 4) is 0 Å². The van der Waals surface area contributed by atoms with Gasteiger partial charge in [0.25, 0.3) is 0 Å². The highest BCUT2D eigenvalue weighted by atomic mass is 32.1. The zero-order valence-corrected chi connectivity index (χ0v) is 10.8. The van der Waals surface area contributed by atoms with Crippen molar-refractivity contribution in [1.82, 2.24) is 15.1 Å². The van der Waals surface area contributed by atoms with Crippen molar-refractivity contribution in [2.45, 2.75) is 6.04 Å². The number of aliphatic carboxylic acids is 1. The van der Waals surface area contributed by atoms with Crippen LogP contribution in [0.4, 0.5) is 10.5 Å². The molecule has 0 radical (unpaired) electrons. The zero-order chi connectivity index (χ0) is 13.8. The van der Waals surface area contributed by atoms with Crippen LogP contribution in [-0.4, -0.2) is 26.9 Å². The minimum Gasteiger partial charge on any atom is -0.479 e. The SMILES string of the molecule is Cn1cc(NC(=O)NC(C(=O)O)c2cccs2)cn1. The molecule has 2 aromatic heterocycles. The summed E-state index contributed by atoms with van der Waals surface area (Å²) < 4.78 is 1.53. The van der Waals surface area contributed by atoms with Crippen LogP contribution in [0.2, 0.25) is 0 Å². The number of carbonyl (C=O) groups is 2. The lowest BCUT2D eigenvalue weighted by molar-refractivity contribution is -0.139. The predicted octanol–water partition coefficient (Wildman–Crippen LogP) is 1.43. The second-order valence-electron chi connectivity index (χ2n) is 3.79. The van der Waals surface area contributed by atoms with Crippen LogP contribution in [0, 0.1) is 0 Å². The number of aryl methyl sites for hydroxylation is 1. The molecular formula is C11H12N4O3S. The molecule has 3 N–H and O–H groups in total. The van der Waals surface area contributed by atoms with Gasteiger partial charge in [-0.3, -0.25) is 4.68 Å². The molecule has 19 heavy (non-hydrogen) atoms. The Bertz CT molecular complexity index is 579. The Morgan fingerprint density at radius 2 is 2.32 bits per heavy atom. The minimum absolute atomic E-state index is 0.496. The summed E-state index contributed by atoms with van der Waals surface area (Å²) in [6, 6.07) is 1.75. The highest BCUT2D eigenvalue weighted by Crippen LogP contribution is 2.19. The van der Waals surface area contributed by atoms with Crippen LogP contribution in [0.5, 0.6) is 0 Å². The van der Waals surface area contributed by atoms with Gasteiger partial charge in [-0.05, 0) is 11.4 Å². The molecule has 0 aromatic carbocycles. The average molecular weight is 280 g/mol. The first-order valence-corrected chi connectivity index (χ1v) is 6.26. The molecule has 0 bridgehead atoms. The first-order chi connectivity index (χ1) is 9.06. The largest absolute Gasteiger partial charge is 0.479 e. The molecule has 2 rings (SSSR count). The Labute approximate surface area is 112 Å². The predicted molar refractivity (Wildman–Crippen MR) is 70.1 cm³/mol. The van der Waals surface area contributed by atoms with Crippen molar-refractivity contribution >= 4 is 29.0 Å². The number of amides is 2. The van der Waals surface area contributed by atoms with Crippen molar-refractivity contribution in [3.05, 3.63) is 34.8 Å². The molecule has 100 valence electrons. The number of carboxylic acid groups (broad SMARTS) is 1. The quantitative estimate of drug-likeness (QED) is 0.789. The van der Waals surface area contributed by atoms with Crippen molar-refractivity contribution in [1.29, 1.82) is 0 Å². The smallest absolute Gasteiger partial charge is 0.331 e. The van der Waals surface area contributed by atoms with E-state index in [1.54, 1.807) is 30.8 Å². The maximum atomic E-state index is 11.7. The van der Waals surface area contributed by atoms with Gasteiger partial charge in [-0.15, -0.1) is 11.3 Å². The van der Waals surface area contributed by atoms with E-state index in [4.69, 9.17) is 5.11 Å². The third kappa shape index (κ3) is 3.32. The van der Waals surface area contributed by atoms with Crippen LogP contribution in [-0.2, 0) is 11.8 Å². The van der Waals surface area contributed by atoms with E-state index in [0.717, 1.165) is 0 Å². The Morgan fingerprint density at radius 1 is 1.53 bits per heavy atom. The van der Waals surface area contributed by atoms with Gasteiger partial charge in [0.1, 0.15) is 0 Å². The van der Waals surface area contributed by atoms with Gasteiger partial charge in [0.2, 0.25) is 0 Å². The van der Waals surface area contributed by atoms with E-state index < -0.39 is 18.0 Å². The molecule has 0 fully saturated rings. The van der Waals surface area contributed by atoms with Crippen LogP contribution in [0.3, 0.4) is 0 Å². The number of anilines is 1. The summed E-state index contributed by atoms with van der Waals surface area (Å²) in [4.78, 5) is 23.4. The van der Waals surface area contributed by atoms with Crippen molar-refractivity contribution in [2.75, 3.05) is 5.32 Å². The summed E-state index contributed by atoms with van der Waals surface area (Å²) in [5.74, 6) is -1.11. The van der Waals surface area contributed by atoms with Crippen molar-refractivity contribution < 1.29 is 14.7 Å². The molecule has 2 heterocycles. The van der Waals surface area contributed by atoms with Gasteiger partial charge < -0.3 is 15.7 Å². The second-order valence-corrected chi connectivity index (χ2v) is 4.77. The van der Waals surface area contributed by atoms with E-state index in [1.807, 2.05) is 0 Å². The fourth-order valence-electron chi connectivity index (χ4n) is 1.49. The van der Waals surface area contributed by atoms with Gasteiger partial charge in [-0.25, -0.2) is 9.59 Å². The molecule has 0 spiro atoms. The van der Waals surface area contributed by atoms with E-state index >= 15 is 0 Å². The summed E-state index contributed by atoms with van der Waals surface area (Å²) in [5, 5.41) is 19.7. The van der Waals surface area contributed by atoms with Gasteiger partial charge in [-0.1, -0.05) is 6.07 Å². The fraction of sp³-hybridized carbons (Fsp3) is 0.182. The Balaban J connectivity index is 2.02. The molecule has 2 aromatic rings. The number of rotatable bonds is 4. The average Bonchev–Trinajstić information content (AvgIpc) is 2.97. The number of nitrogens with zero attached hydrogens (tertiary/aromatic N) is 2. The Kier molecular flexibility index (Phi) is 3.81. The molecule has 0 aliphatic heterocycles. The maximum Gasteiger partial charge on any atom is 0.331 e. The molecule has 8 heteroatoms. The molecule has 7 nitrogen and oxygen atoms in total. The zero-order valence-electron chi connectivity index (χ0n) is 10.0. The summed E-state index contributed by atoms with van der Waals surface area (Å²) in [5.41, 5.74) is 0.496. The lowest BCUT2D eigenvalue weighted by Gasteiger charge is -2.13. The topological polar surface area (TPSA) is 96.2 Å². The van der Waals surface area contributed by atoms with Gasteiger partial charge >= 0.3 is 12.0 Å². The van der Waals surface area contributed by atoms with Crippen molar-refractivity contribution in [3.63, 3.8) is 0 Å². The number of nitrogens with one attached hydrogen (secondary N) is 2. The van der Waals surface area contributed by atoms with E-state index in [-0.39, 0.29) is 0 Å². The number of hydrogen-bond donors (Lipinski definition) is 3. The van der Waals surface area contributed by atoms with Gasteiger partial charge in [0.05, 0.1) is 11.9 Å². The Hall–Kier alpha value is -2.35. The molecule has 2 amide bonds. The second kappa shape index (κ2) is 5.53. The molecular weight excluding hydrogens is 268 g/mol. The van der Waals surface area contributed by atoms with Gasteiger partial charge in [-0.2, -0.15) is 5.10 Å². The number of aromatic nitrogens is 2. The number of urea groups is 1. The molecule has 1 unspecified atom stereocenters. The molecule has 0 saturated carbocycles. The van der Waals surface area contributed by atoms with Crippen LogP contribution < -0.4 is 10.6 Å². The normalized spacial score (nSPS) is 11.8. The number of carbonyl (C=O) groups excluding carboxylic acids is 1. The lowest BCUT2D eigenvalue weighted by Crippen LogP contribution is -2.36. The van der Waals surface area contributed by atoms with Crippen LogP contribution in [0.25, 0.3) is 0 Å². The fourth-order valence-corrected chi connectivity index (χ4v) is 2.26. The molecule has 1 atom stereocenters. The number of carboxylic acids is 1.